The quantitative estimate of drug-likeness (QED) is 0.814. The molecule has 2 unspecified atom stereocenters. The van der Waals surface area contributed by atoms with Crippen LogP contribution < -0.4 is 10.0 Å². The molecular weight excluding hydrogens is 252 g/mol. The lowest BCUT2D eigenvalue weighted by Gasteiger charge is -2.28. The number of aromatic nitrogens is 2. The third-order valence-corrected chi connectivity index (χ3v) is 4.78. The minimum atomic E-state index is -3.50. The molecule has 18 heavy (non-hydrogen) atoms. The highest BCUT2D eigenvalue weighted by atomic mass is 32.2. The van der Waals surface area contributed by atoms with Gasteiger partial charge in [0.1, 0.15) is 0 Å². The highest BCUT2D eigenvalue weighted by molar-refractivity contribution is 7.89. The zero-order valence-corrected chi connectivity index (χ0v) is 11.6. The van der Waals surface area contributed by atoms with Gasteiger partial charge >= 0.3 is 0 Å². The Balaban J connectivity index is 2.03. The molecular formula is C11H20N4O2S. The molecule has 2 N–H and O–H groups in total. The van der Waals surface area contributed by atoms with Crippen LogP contribution in [0.2, 0.25) is 0 Å². The van der Waals surface area contributed by atoms with Crippen LogP contribution in [0.15, 0.2) is 17.6 Å². The summed E-state index contributed by atoms with van der Waals surface area (Å²) >= 11 is 0. The maximum Gasteiger partial charge on any atom is 0.259 e. The molecule has 2 atom stereocenters. The second kappa shape index (κ2) is 5.38. The fraction of sp³-hybridized carbons (Fsp3) is 0.727. The molecule has 1 fully saturated rings. The minimum absolute atomic E-state index is 0.0789. The van der Waals surface area contributed by atoms with Crippen LogP contribution in [0.4, 0.5) is 0 Å². The summed E-state index contributed by atoms with van der Waals surface area (Å²) < 4.78 is 28.5. The average molecular weight is 272 g/mol. The number of aryl methyl sites for hydroxylation is 1. The summed E-state index contributed by atoms with van der Waals surface area (Å²) in [5.41, 5.74) is 0. The topological polar surface area (TPSA) is 76.0 Å². The molecule has 1 aromatic rings. The van der Waals surface area contributed by atoms with Gasteiger partial charge in [0.25, 0.3) is 10.0 Å². The first-order chi connectivity index (χ1) is 8.49. The van der Waals surface area contributed by atoms with E-state index in [1.807, 2.05) is 6.92 Å². The van der Waals surface area contributed by atoms with Crippen LogP contribution in [0.25, 0.3) is 0 Å². The van der Waals surface area contributed by atoms with Crippen LogP contribution in [0.1, 0.15) is 19.8 Å². The molecule has 0 bridgehead atoms. The Labute approximate surface area is 108 Å². The number of nitrogens with one attached hydrogen (secondary N) is 2. The zero-order chi connectivity index (χ0) is 13.2. The third kappa shape index (κ3) is 3.09. The van der Waals surface area contributed by atoms with Crippen molar-refractivity contribution in [3.05, 3.63) is 12.5 Å². The highest BCUT2D eigenvalue weighted by Gasteiger charge is 2.26. The molecule has 1 saturated heterocycles. The van der Waals surface area contributed by atoms with E-state index in [4.69, 9.17) is 0 Å². The van der Waals surface area contributed by atoms with E-state index in [1.165, 1.54) is 12.5 Å². The van der Waals surface area contributed by atoms with Crippen LogP contribution >= 0.6 is 0 Å². The fourth-order valence-electron chi connectivity index (χ4n) is 2.23. The summed E-state index contributed by atoms with van der Waals surface area (Å²) in [5.74, 6) is 0.345. The zero-order valence-electron chi connectivity index (χ0n) is 10.8. The summed E-state index contributed by atoms with van der Waals surface area (Å²) in [6, 6.07) is -0.0789. The number of imidazole rings is 1. The average Bonchev–Trinajstić information content (AvgIpc) is 2.77. The molecule has 2 heterocycles. The molecule has 1 aromatic heterocycles. The van der Waals surface area contributed by atoms with Crippen LogP contribution in [-0.2, 0) is 17.1 Å². The van der Waals surface area contributed by atoms with Crippen LogP contribution in [0, 0.1) is 5.92 Å². The van der Waals surface area contributed by atoms with E-state index in [1.54, 1.807) is 11.6 Å². The monoisotopic (exact) mass is 272 g/mol. The predicted octanol–water partition coefficient (Wildman–Crippen LogP) is 0.0865. The second-order valence-corrected chi connectivity index (χ2v) is 6.55. The summed E-state index contributed by atoms with van der Waals surface area (Å²) in [4.78, 5) is 3.88. The van der Waals surface area contributed by atoms with Gasteiger partial charge in [-0.05, 0) is 38.8 Å². The molecule has 0 aliphatic carbocycles. The van der Waals surface area contributed by atoms with Crippen molar-refractivity contribution in [3.8, 4) is 0 Å². The molecule has 2 rings (SSSR count). The van der Waals surface area contributed by atoms with E-state index < -0.39 is 10.0 Å². The van der Waals surface area contributed by atoms with Gasteiger partial charge in [0, 0.05) is 19.3 Å². The first-order valence-electron chi connectivity index (χ1n) is 6.20. The SMILES string of the molecule is CC(NS(=O)(=O)c1cn(C)cn1)C1CCCNC1. The van der Waals surface area contributed by atoms with Gasteiger partial charge in [-0.3, -0.25) is 0 Å². The van der Waals surface area contributed by atoms with Gasteiger partial charge in [-0.2, -0.15) is 0 Å². The van der Waals surface area contributed by atoms with Crippen molar-refractivity contribution in [2.75, 3.05) is 13.1 Å². The number of piperidine rings is 1. The number of nitrogens with zero attached hydrogens (tertiary/aromatic N) is 2. The van der Waals surface area contributed by atoms with Gasteiger partial charge in [0.15, 0.2) is 5.03 Å². The normalized spacial score (nSPS) is 22.9. The van der Waals surface area contributed by atoms with Crippen molar-refractivity contribution in [1.82, 2.24) is 19.6 Å². The number of sulfonamides is 1. The largest absolute Gasteiger partial charge is 0.339 e. The number of hydrogen-bond donors (Lipinski definition) is 2. The molecule has 0 amide bonds. The van der Waals surface area contributed by atoms with Crippen molar-refractivity contribution < 1.29 is 8.42 Å². The number of rotatable bonds is 4. The van der Waals surface area contributed by atoms with E-state index >= 15 is 0 Å². The van der Waals surface area contributed by atoms with Gasteiger partial charge in [-0.15, -0.1) is 0 Å². The molecule has 1 aliphatic heterocycles. The molecule has 0 spiro atoms. The Morgan fingerprint density at radius 3 is 2.94 bits per heavy atom. The maximum absolute atomic E-state index is 12.1. The molecule has 1 aliphatic rings. The fourth-order valence-corrected chi connectivity index (χ4v) is 3.53. The standard InChI is InChI=1S/C11H20N4O2S/c1-9(10-4-3-5-12-6-10)14-18(16,17)11-7-15(2)8-13-11/h7-10,12,14H,3-6H2,1-2H3. The Morgan fingerprint density at radius 1 is 1.61 bits per heavy atom. The van der Waals surface area contributed by atoms with E-state index in [0.29, 0.717) is 5.92 Å². The minimum Gasteiger partial charge on any atom is -0.339 e. The lowest BCUT2D eigenvalue weighted by molar-refractivity contribution is 0.320. The second-order valence-electron chi connectivity index (χ2n) is 4.89. The first kappa shape index (κ1) is 13.5. The molecule has 0 saturated carbocycles. The summed E-state index contributed by atoms with van der Waals surface area (Å²) in [6.45, 7) is 3.81. The Hall–Kier alpha value is -0.920. The van der Waals surface area contributed by atoms with Crippen LogP contribution in [0.3, 0.4) is 0 Å². The van der Waals surface area contributed by atoms with Crippen LogP contribution in [0.5, 0.6) is 0 Å². The van der Waals surface area contributed by atoms with Gasteiger partial charge < -0.3 is 9.88 Å². The Morgan fingerprint density at radius 2 is 2.39 bits per heavy atom. The van der Waals surface area contributed by atoms with Gasteiger partial charge in [0.05, 0.1) is 6.33 Å². The summed E-state index contributed by atoms with van der Waals surface area (Å²) in [7, 11) is -1.75. The van der Waals surface area contributed by atoms with Gasteiger partial charge in [-0.25, -0.2) is 18.1 Å². The maximum atomic E-state index is 12.1. The van der Waals surface area contributed by atoms with E-state index in [0.717, 1.165) is 25.9 Å². The molecule has 102 valence electrons. The van der Waals surface area contributed by atoms with Crippen LogP contribution in [-0.4, -0.2) is 37.1 Å². The predicted molar refractivity (Wildman–Crippen MR) is 68.6 cm³/mol. The van der Waals surface area contributed by atoms with E-state index in [-0.39, 0.29) is 11.1 Å². The Bertz CT molecular complexity index is 491. The molecule has 0 aromatic carbocycles. The van der Waals surface area contributed by atoms with Crippen molar-refractivity contribution in [2.24, 2.45) is 13.0 Å². The summed E-state index contributed by atoms with van der Waals surface area (Å²) in [5, 5.41) is 3.37. The summed E-state index contributed by atoms with van der Waals surface area (Å²) in [6.07, 6.45) is 5.15. The third-order valence-electron chi connectivity index (χ3n) is 3.34. The van der Waals surface area contributed by atoms with Crippen molar-refractivity contribution in [3.63, 3.8) is 0 Å². The van der Waals surface area contributed by atoms with E-state index in [2.05, 4.69) is 15.0 Å². The lowest BCUT2D eigenvalue weighted by atomic mass is 9.94. The molecule has 7 heteroatoms. The van der Waals surface area contributed by atoms with Crippen molar-refractivity contribution >= 4 is 10.0 Å². The number of hydrogen-bond acceptors (Lipinski definition) is 4. The van der Waals surface area contributed by atoms with Gasteiger partial charge in [-0.1, -0.05) is 0 Å². The van der Waals surface area contributed by atoms with E-state index in [9.17, 15) is 8.42 Å². The molecule has 0 radical (unpaired) electrons. The molecule has 6 nitrogen and oxygen atoms in total. The smallest absolute Gasteiger partial charge is 0.259 e. The van der Waals surface area contributed by atoms with Gasteiger partial charge in [0.2, 0.25) is 0 Å². The first-order valence-corrected chi connectivity index (χ1v) is 7.68. The van der Waals surface area contributed by atoms with Crippen molar-refractivity contribution in [2.45, 2.75) is 30.8 Å². The Kier molecular flexibility index (Phi) is 4.04. The highest BCUT2D eigenvalue weighted by Crippen LogP contribution is 2.16. The lowest BCUT2D eigenvalue weighted by Crippen LogP contribution is -2.44. The van der Waals surface area contributed by atoms with Crippen molar-refractivity contribution in [1.29, 1.82) is 0 Å².